The van der Waals surface area contributed by atoms with Crippen LogP contribution < -0.4 is 14.2 Å². The van der Waals surface area contributed by atoms with E-state index >= 15 is 0 Å². The first kappa shape index (κ1) is 26.9. The van der Waals surface area contributed by atoms with E-state index in [4.69, 9.17) is 32.7 Å². The summed E-state index contributed by atoms with van der Waals surface area (Å²) in [6, 6.07) is 13.4. The summed E-state index contributed by atoms with van der Waals surface area (Å²) < 4.78 is 40.9. The number of halogens is 2. The van der Waals surface area contributed by atoms with E-state index in [1.165, 1.54) is 6.07 Å². The molecule has 0 aliphatic rings. The van der Waals surface area contributed by atoms with Crippen LogP contribution in [0.4, 0.5) is 5.82 Å². The van der Waals surface area contributed by atoms with Crippen molar-refractivity contribution in [2.24, 2.45) is 0 Å². The van der Waals surface area contributed by atoms with E-state index in [2.05, 4.69) is 14.7 Å². The van der Waals surface area contributed by atoms with Crippen LogP contribution in [0.2, 0.25) is 10.0 Å². The quantitative estimate of drug-likeness (QED) is 0.271. The summed E-state index contributed by atoms with van der Waals surface area (Å²) in [5, 5.41) is 1.54. The lowest BCUT2D eigenvalue weighted by Gasteiger charge is -2.16. The fourth-order valence-electron chi connectivity index (χ4n) is 3.49. The molecule has 2 aromatic heterocycles. The summed E-state index contributed by atoms with van der Waals surface area (Å²) >= 11 is 12.5. The van der Waals surface area contributed by atoms with Gasteiger partial charge in [0, 0.05) is 29.3 Å². The fourth-order valence-corrected chi connectivity index (χ4v) is 5.17. The molecule has 1 N–H and O–H groups in total. The van der Waals surface area contributed by atoms with Gasteiger partial charge < -0.3 is 14.4 Å². The van der Waals surface area contributed by atoms with Crippen molar-refractivity contribution in [2.45, 2.75) is 18.4 Å². The lowest BCUT2D eigenvalue weighted by Crippen LogP contribution is -2.19. The molecule has 0 unspecified atom stereocenters. The molecule has 0 saturated heterocycles. The number of sulfonamides is 1. The van der Waals surface area contributed by atoms with Crippen LogP contribution in [0.15, 0.2) is 65.8 Å². The van der Waals surface area contributed by atoms with Crippen LogP contribution in [0.25, 0.3) is 10.9 Å². The maximum absolute atomic E-state index is 13.3. The number of anilines is 1. The van der Waals surface area contributed by atoms with Crippen molar-refractivity contribution in [3.05, 3.63) is 82.1 Å². The average Bonchev–Trinajstić information content (AvgIpc) is 2.85. The van der Waals surface area contributed by atoms with E-state index in [0.29, 0.717) is 38.9 Å². The summed E-state index contributed by atoms with van der Waals surface area (Å²) in [6.07, 6.45) is 3.22. The second-order valence-corrected chi connectivity index (χ2v) is 11.0. The van der Waals surface area contributed by atoms with Crippen molar-refractivity contribution in [3.8, 4) is 11.5 Å². The number of pyridine rings is 2. The molecule has 4 rings (SSSR count). The van der Waals surface area contributed by atoms with Crippen molar-refractivity contribution >= 4 is 49.9 Å². The maximum atomic E-state index is 13.3. The molecular weight excluding hydrogens is 535 g/mol. The molecule has 2 heterocycles. The van der Waals surface area contributed by atoms with Crippen LogP contribution >= 0.6 is 23.2 Å². The molecule has 0 bridgehead atoms. The number of aromatic nitrogens is 2. The number of hydrogen-bond acceptors (Lipinski definition) is 7. The van der Waals surface area contributed by atoms with Crippen molar-refractivity contribution in [3.63, 3.8) is 0 Å². The van der Waals surface area contributed by atoms with Crippen molar-refractivity contribution in [1.29, 1.82) is 0 Å². The molecule has 0 aliphatic carbocycles. The van der Waals surface area contributed by atoms with Gasteiger partial charge in [-0.2, -0.15) is 0 Å². The summed E-state index contributed by atoms with van der Waals surface area (Å²) in [5.74, 6) is 0.839. The van der Waals surface area contributed by atoms with Crippen molar-refractivity contribution in [1.82, 2.24) is 14.9 Å². The van der Waals surface area contributed by atoms with Gasteiger partial charge in [-0.1, -0.05) is 35.3 Å². The second-order valence-electron chi connectivity index (χ2n) is 8.58. The van der Waals surface area contributed by atoms with Crippen LogP contribution in [-0.2, 0) is 16.6 Å². The van der Waals surface area contributed by atoms with Gasteiger partial charge in [0.2, 0.25) is 0 Å². The average molecular weight is 561 g/mol. The highest BCUT2D eigenvalue weighted by molar-refractivity contribution is 7.92. The highest BCUT2D eigenvalue weighted by Gasteiger charge is 2.22. The zero-order chi connectivity index (χ0) is 26.6. The van der Waals surface area contributed by atoms with E-state index < -0.39 is 10.0 Å². The number of nitrogens with zero attached hydrogens (tertiary/aromatic N) is 3. The predicted molar refractivity (Wildman–Crippen MR) is 146 cm³/mol. The third kappa shape index (κ3) is 6.61. The number of benzene rings is 2. The molecule has 0 saturated carbocycles. The van der Waals surface area contributed by atoms with Gasteiger partial charge >= 0.3 is 0 Å². The van der Waals surface area contributed by atoms with Gasteiger partial charge in [-0.25, -0.2) is 13.4 Å². The zero-order valence-electron chi connectivity index (χ0n) is 20.5. The Bertz CT molecular complexity index is 1530. The van der Waals surface area contributed by atoms with Gasteiger partial charge in [0.1, 0.15) is 19.0 Å². The number of hydrogen-bond donors (Lipinski definition) is 1. The van der Waals surface area contributed by atoms with Gasteiger partial charge in [-0.15, -0.1) is 0 Å². The molecule has 4 aromatic rings. The Hall–Kier alpha value is -3.11. The zero-order valence-corrected chi connectivity index (χ0v) is 22.9. The van der Waals surface area contributed by atoms with Gasteiger partial charge in [-0.3, -0.25) is 9.71 Å². The molecule has 11 heteroatoms. The third-order valence-electron chi connectivity index (χ3n) is 5.50. The fraction of sp³-hybridized carbons (Fsp3) is 0.231. The number of ether oxygens (including phenoxy) is 2. The lowest BCUT2D eigenvalue weighted by atomic mass is 10.2. The van der Waals surface area contributed by atoms with E-state index in [9.17, 15) is 8.42 Å². The van der Waals surface area contributed by atoms with Crippen LogP contribution in [0, 0.1) is 6.92 Å². The molecule has 2 aromatic carbocycles. The van der Waals surface area contributed by atoms with Crippen LogP contribution in [-0.4, -0.2) is 50.5 Å². The van der Waals surface area contributed by atoms with Crippen molar-refractivity contribution < 1.29 is 17.9 Å². The maximum Gasteiger partial charge on any atom is 0.263 e. The Morgan fingerprint density at radius 3 is 2.59 bits per heavy atom. The molecule has 8 nitrogen and oxygen atoms in total. The first-order valence-corrected chi connectivity index (χ1v) is 13.6. The summed E-state index contributed by atoms with van der Waals surface area (Å²) in [6.45, 7) is 2.99. The summed E-state index contributed by atoms with van der Waals surface area (Å²) in [5.41, 5.74) is 1.79. The molecule has 0 atom stereocenters. The van der Waals surface area contributed by atoms with E-state index in [-0.39, 0.29) is 23.1 Å². The smallest absolute Gasteiger partial charge is 0.263 e. The Kier molecular flexibility index (Phi) is 8.39. The normalized spacial score (nSPS) is 11.6. The third-order valence-corrected chi connectivity index (χ3v) is 7.71. The van der Waals surface area contributed by atoms with Gasteiger partial charge in [0.25, 0.3) is 10.0 Å². The molecule has 0 radical (unpaired) electrons. The first-order valence-electron chi connectivity index (χ1n) is 11.4. The van der Waals surface area contributed by atoms with Crippen LogP contribution in [0.3, 0.4) is 0 Å². The SMILES string of the molecule is Cc1c(Cl)cccc1S(=O)(=O)Nc1nc2ccncc2cc1OCc1ccc(Cl)c(OCCN(C)C)c1. The highest BCUT2D eigenvalue weighted by atomic mass is 35.5. The van der Waals surface area contributed by atoms with Crippen LogP contribution in [0.5, 0.6) is 11.5 Å². The standard InChI is InChI=1S/C26H26Cl2N4O4S/c1-17-20(27)5-4-6-25(17)37(33,34)31-26-24(14-19-15-29-10-9-22(19)30-26)36-16-18-7-8-21(28)23(13-18)35-12-11-32(2)3/h4-10,13-15H,11-12,16H2,1-3H3,(H,30,31). The Morgan fingerprint density at radius 2 is 1.81 bits per heavy atom. The van der Waals surface area contributed by atoms with Crippen LogP contribution in [0.1, 0.15) is 11.1 Å². The van der Waals surface area contributed by atoms with E-state index in [0.717, 1.165) is 12.1 Å². The van der Waals surface area contributed by atoms with Gasteiger partial charge in [0.15, 0.2) is 11.6 Å². The number of fused-ring (bicyclic) bond motifs is 1. The minimum absolute atomic E-state index is 0.0505. The molecule has 0 spiro atoms. The largest absolute Gasteiger partial charge is 0.491 e. The van der Waals surface area contributed by atoms with Crippen molar-refractivity contribution in [2.75, 3.05) is 32.0 Å². The molecular formula is C26H26Cl2N4O4S. The molecule has 0 fully saturated rings. The second kappa shape index (κ2) is 11.5. The van der Waals surface area contributed by atoms with Gasteiger partial charge in [0.05, 0.1) is 15.4 Å². The Balaban J connectivity index is 1.62. The minimum Gasteiger partial charge on any atom is -0.491 e. The summed E-state index contributed by atoms with van der Waals surface area (Å²) in [4.78, 5) is 10.7. The lowest BCUT2D eigenvalue weighted by molar-refractivity contribution is 0.260. The Morgan fingerprint density at radius 1 is 1.00 bits per heavy atom. The molecule has 194 valence electrons. The molecule has 37 heavy (non-hydrogen) atoms. The highest BCUT2D eigenvalue weighted by Crippen LogP contribution is 2.32. The minimum atomic E-state index is -4.00. The Labute approximate surface area is 226 Å². The topological polar surface area (TPSA) is 93.7 Å². The van der Waals surface area contributed by atoms with E-state index in [1.54, 1.807) is 55.7 Å². The molecule has 0 amide bonds. The van der Waals surface area contributed by atoms with Gasteiger partial charge in [-0.05, 0) is 68.5 Å². The number of rotatable bonds is 10. The monoisotopic (exact) mass is 560 g/mol. The number of nitrogens with one attached hydrogen (secondary N) is 1. The first-order chi connectivity index (χ1) is 17.6. The molecule has 0 aliphatic heterocycles. The number of likely N-dealkylation sites (N-methyl/N-ethyl adjacent to an activating group) is 1. The predicted octanol–water partition coefficient (Wildman–Crippen LogP) is 5.57. The van der Waals surface area contributed by atoms with E-state index in [1.807, 2.05) is 25.1 Å². The summed E-state index contributed by atoms with van der Waals surface area (Å²) in [7, 11) is -0.0839.